The fourth-order valence-corrected chi connectivity index (χ4v) is 6.02. The minimum absolute atomic E-state index is 0.320. The van der Waals surface area contributed by atoms with Gasteiger partial charge in [-0.05, 0) is 106 Å². The van der Waals surface area contributed by atoms with Crippen LogP contribution >= 0.6 is 0 Å². The van der Waals surface area contributed by atoms with Crippen molar-refractivity contribution < 1.29 is 0 Å². The summed E-state index contributed by atoms with van der Waals surface area (Å²) in [5, 5.41) is 0. The molecule has 0 saturated heterocycles. The van der Waals surface area contributed by atoms with Crippen LogP contribution in [0.5, 0.6) is 0 Å². The first-order valence-corrected chi connectivity index (χ1v) is 13.9. The number of hydrogen-bond donors (Lipinski definition) is 0. The molecule has 0 bridgehead atoms. The van der Waals surface area contributed by atoms with Crippen LogP contribution in [-0.4, -0.2) is 10.9 Å². The summed E-state index contributed by atoms with van der Waals surface area (Å²) in [6.07, 6.45) is 40.7. The van der Waals surface area contributed by atoms with E-state index in [1.54, 1.807) is 0 Å². The first kappa shape index (κ1) is 24.6. The predicted octanol–water partition coefficient (Wildman–Crippen LogP) is 9.52. The van der Waals surface area contributed by atoms with E-state index in [-0.39, 0.29) is 0 Å². The quantitative estimate of drug-likeness (QED) is 0.370. The number of nitrogens with zero attached hydrogens (tertiary/aromatic N) is 1. The average molecular weight is 476 g/mol. The van der Waals surface area contributed by atoms with Crippen molar-refractivity contribution in [3.8, 4) is 0 Å². The SMILES string of the molecule is C=C1C=C(C)CCC1N(/C=C(/C1=CCCC=C1)C1C=CC=CC1)C1=CC=C(C2=CC=C(C)CC2)CC1. The van der Waals surface area contributed by atoms with Crippen LogP contribution in [-0.2, 0) is 0 Å². The summed E-state index contributed by atoms with van der Waals surface area (Å²) in [4.78, 5) is 2.60. The molecular weight excluding hydrogens is 434 g/mol. The van der Waals surface area contributed by atoms with Gasteiger partial charge in [-0.1, -0.05) is 84.6 Å². The monoisotopic (exact) mass is 475 g/mol. The molecule has 0 heterocycles. The Hall–Kier alpha value is -3.06. The fraction of sp³-hybridized carbons (Fsp3) is 0.371. The Morgan fingerprint density at radius 3 is 2.36 bits per heavy atom. The summed E-state index contributed by atoms with van der Waals surface area (Å²) in [5.74, 6) is 0.415. The Kier molecular flexibility index (Phi) is 7.75. The van der Waals surface area contributed by atoms with Gasteiger partial charge in [-0.2, -0.15) is 0 Å². The van der Waals surface area contributed by atoms with Gasteiger partial charge in [0.05, 0.1) is 6.04 Å². The summed E-state index contributed by atoms with van der Waals surface area (Å²) < 4.78 is 0. The lowest BCUT2D eigenvalue weighted by molar-refractivity contribution is 0.342. The molecule has 5 aliphatic carbocycles. The molecule has 0 spiro atoms. The van der Waals surface area contributed by atoms with Crippen molar-refractivity contribution in [3.05, 3.63) is 130 Å². The van der Waals surface area contributed by atoms with Gasteiger partial charge >= 0.3 is 0 Å². The molecule has 0 aromatic rings. The molecule has 0 radical (unpaired) electrons. The molecule has 2 unspecified atom stereocenters. The van der Waals surface area contributed by atoms with Crippen LogP contribution in [0.2, 0.25) is 0 Å². The normalized spacial score (nSPS) is 26.5. The Bertz CT molecular complexity index is 1200. The molecule has 0 saturated carbocycles. The van der Waals surface area contributed by atoms with Crippen LogP contribution < -0.4 is 0 Å². The Labute approximate surface area is 218 Å². The predicted molar refractivity (Wildman–Crippen MR) is 155 cm³/mol. The van der Waals surface area contributed by atoms with Gasteiger partial charge < -0.3 is 4.90 Å². The molecule has 0 amide bonds. The molecule has 2 atom stereocenters. The van der Waals surface area contributed by atoms with Crippen molar-refractivity contribution in [3.63, 3.8) is 0 Å². The zero-order valence-corrected chi connectivity index (χ0v) is 22.2. The van der Waals surface area contributed by atoms with E-state index in [1.807, 2.05) is 0 Å². The highest BCUT2D eigenvalue weighted by atomic mass is 15.2. The van der Waals surface area contributed by atoms with E-state index in [4.69, 9.17) is 0 Å². The maximum Gasteiger partial charge on any atom is 0.0580 e. The summed E-state index contributed by atoms with van der Waals surface area (Å²) in [6, 6.07) is 0.320. The van der Waals surface area contributed by atoms with E-state index in [0.29, 0.717) is 12.0 Å². The third kappa shape index (κ3) is 5.67. The highest BCUT2D eigenvalue weighted by molar-refractivity contribution is 5.47. The molecule has 36 heavy (non-hydrogen) atoms. The second-order valence-corrected chi connectivity index (χ2v) is 11.0. The second-order valence-electron chi connectivity index (χ2n) is 11.0. The van der Waals surface area contributed by atoms with Gasteiger partial charge in [-0.25, -0.2) is 0 Å². The van der Waals surface area contributed by atoms with E-state index in [9.17, 15) is 0 Å². The van der Waals surface area contributed by atoms with E-state index >= 15 is 0 Å². The van der Waals surface area contributed by atoms with Gasteiger partial charge in [0.1, 0.15) is 0 Å². The van der Waals surface area contributed by atoms with Crippen LogP contribution in [0.25, 0.3) is 0 Å². The largest absolute Gasteiger partial charge is 0.344 e. The number of allylic oxidation sites excluding steroid dienone is 18. The number of rotatable bonds is 6. The fourth-order valence-electron chi connectivity index (χ4n) is 6.02. The zero-order chi connectivity index (χ0) is 24.9. The van der Waals surface area contributed by atoms with Gasteiger partial charge in [0, 0.05) is 17.8 Å². The van der Waals surface area contributed by atoms with E-state index in [0.717, 1.165) is 44.9 Å². The van der Waals surface area contributed by atoms with Crippen LogP contribution in [0.15, 0.2) is 130 Å². The van der Waals surface area contributed by atoms with Crippen molar-refractivity contribution in [2.75, 3.05) is 0 Å². The van der Waals surface area contributed by atoms with E-state index < -0.39 is 0 Å². The maximum atomic E-state index is 4.53. The third-order valence-corrected chi connectivity index (χ3v) is 8.22. The van der Waals surface area contributed by atoms with Crippen LogP contribution in [0.1, 0.15) is 71.6 Å². The highest BCUT2D eigenvalue weighted by Crippen LogP contribution is 2.38. The van der Waals surface area contributed by atoms with Gasteiger partial charge in [-0.15, -0.1) is 0 Å². The summed E-state index contributed by atoms with van der Waals surface area (Å²) in [6.45, 7) is 9.01. The van der Waals surface area contributed by atoms with Crippen molar-refractivity contribution >= 4 is 0 Å². The van der Waals surface area contributed by atoms with Crippen LogP contribution in [0.3, 0.4) is 0 Å². The first-order chi connectivity index (χ1) is 17.6. The van der Waals surface area contributed by atoms with Crippen molar-refractivity contribution in [1.29, 1.82) is 0 Å². The Morgan fingerprint density at radius 1 is 0.889 bits per heavy atom. The zero-order valence-electron chi connectivity index (χ0n) is 22.2. The van der Waals surface area contributed by atoms with Gasteiger partial charge in [0.2, 0.25) is 0 Å². The van der Waals surface area contributed by atoms with E-state index in [2.05, 4.69) is 104 Å². The molecule has 0 fully saturated rings. The lowest BCUT2D eigenvalue weighted by Crippen LogP contribution is -2.34. The smallest absolute Gasteiger partial charge is 0.0580 e. The summed E-state index contributed by atoms with van der Waals surface area (Å²) in [5.41, 5.74) is 11.5. The van der Waals surface area contributed by atoms with Crippen molar-refractivity contribution in [2.24, 2.45) is 5.92 Å². The molecule has 186 valence electrons. The third-order valence-electron chi connectivity index (χ3n) is 8.22. The molecule has 5 rings (SSSR count). The standard InChI is InChI=1S/C35H41N/c1-26-14-17-29(18-15-26)30-19-21-33(22-20-30)36(35-23-16-27(2)24-28(35)3)25-34(31-10-6-4-7-11-31)32-12-8-5-9-13-32/h4,6-8,10,12-14,17,19,21,24-25,31,35H,3,5,9,11,15-16,18,20,22-23H2,1-2H3/b34-25+. The Morgan fingerprint density at radius 2 is 1.72 bits per heavy atom. The Balaban J connectivity index is 1.53. The van der Waals surface area contributed by atoms with E-state index in [1.165, 1.54) is 57.6 Å². The number of hydrogen-bond acceptors (Lipinski definition) is 1. The lowest BCUT2D eigenvalue weighted by Gasteiger charge is -2.38. The second kappa shape index (κ2) is 11.3. The molecule has 5 aliphatic rings. The first-order valence-electron chi connectivity index (χ1n) is 13.9. The van der Waals surface area contributed by atoms with Crippen molar-refractivity contribution in [1.82, 2.24) is 4.90 Å². The summed E-state index contributed by atoms with van der Waals surface area (Å²) >= 11 is 0. The summed E-state index contributed by atoms with van der Waals surface area (Å²) in [7, 11) is 0. The van der Waals surface area contributed by atoms with Crippen molar-refractivity contribution in [2.45, 2.75) is 77.7 Å². The maximum absolute atomic E-state index is 4.53. The topological polar surface area (TPSA) is 3.24 Å². The molecule has 0 aliphatic heterocycles. The molecule has 1 nitrogen and oxygen atoms in total. The van der Waals surface area contributed by atoms with Gasteiger partial charge in [0.15, 0.2) is 0 Å². The van der Waals surface area contributed by atoms with Crippen LogP contribution in [0.4, 0.5) is 0 Å². The molecule has 0 aromatic carbocycles. The minimum Gasteiger partial charge on any atom is -0.344 e. The average Bonchev–Trinajstić information content (AvgIpc) is 2.92. The molecule has 0 aromatic heterocycles. The molecule has 1 heteroatoms. The van der Waals surface area contributed by atoms with Crippen LogP contribution in [0, 0.1) is 5.92 Å². The molecule has 0 N–H and O–H groups in total. The molecular formula is C35H41N. The minimum atomic E-state index is 0.320. The lowest BCUT2D eigenvalue weighted by atomic mass is 9.84. The van der Waals surface area contributed by atoms with Gasteiger partial charge in [0.25, 0.3) is 0 Å². The highest BCUT2D eigenvalue weighted by Gasteiger charge is 2.27. The van der Waals surface area contributed by atoms with Gasteiger partial charge in [-0.3, -0.25) is 0 Å².